The normalized spacial score (nSPS) is 12.6. The van der Waals surface area contributed by atoms with Crippen molar-refractivity contribution in [1.29, 1.82) is 0 Å². The fourth-order valence-corrected chi connectivity index (χ4v) is 0.837. The van der Waals surface area contributed by atoms with Crippen LogP contribution in [0.25, 0.3) is 0 Å². The second-order valence-electron chi connectivity index (χ2n) is 2.02. The Hall–Kier alpha value is -0.510. The monoisotopic (exact) mass is 162 g/mol. The van der Waals surface area contributed by atoms with Gasteiger partial charge in [-0.2, -0.15) is 0 Å². The second-order valence-corrected chi connectivity index (χ2v) is 2.88. The first-order chi connectivity index (χ1) is 4.57. The zero-order chi connectivity index (χ0) is 8.15. The number of hydrogen-bond donors (Lipinski definition) is 1. The molecule has 0 fully saturated rings. The van der Waals surface area contributed by atoms with Gasteiger partial charge in [-0.05, 0) is 6.26 Å². The van der Waals surface area contributed by atoms with Crippen LogP contribution in [-0.2, 0) is 9.59 Å². The van der Waals surface area contributed by atoms with Gasteiger partial charge in [0.1, 0.15) is 0 Å². The maximum atomic E-state index is 10.6. The summed E-state index contributed by atoms with van der Waals surface area (Å²) in [5.74, 6) is -1.47. The van der Waals surface area contributed by atoms with Crippen LogP contribution in [0.1, 0.15) is 13.3 Å². The molecule has 0 aliphatic carbocycles. The van der Waals surface area contributed by atoms with Crippen molar-refractivity contribution >= 4 is 22.8 Å². The summed E-state index contributed by atoms with van der Waals surface area (Å²) in [6, 6.07) is 0. The molecule has 0 heterocycles. The number of carbonyl (C=O) groups excluding carboxylic acids is 1. The van der Waals surface area contributed by atoms with Crippen LogP contribution in [0.4, 0.5) is 0 Å². The first-order valence-electron chi connectivity index (χ1n) is 2.87. The first kappa shape index (κ1) is 9.49. The molecule has 0 saturated heterocycles. The number of carboxylic acid groups (broad SMARTS) is 1. The molecule has 0 radical (unpaired) electrons. The van der Waals surface area contributed by atoms with Crippen molar-refractivity contribution < 1.29 is 14.7 Å². The fourth-order valence-electron chi connectivity index (χ4n) is 0.421. The molecule has 0 saturated carbocycles. The summed E-state index contributed by atoms with van der Waals surface area (Å²) in [4.78, 5) is 20.8. The van der Waals surface area contributed by atoms with Gasteiger partial charge in [-0.15, -0.1) is 0 Å². The topological polar surface area (TPSA) is 54.4 Å². The van der Waals surface area contributed by atoms with Gasteiger partial charge in [-0.25, -0.2) is 0 Å². The van der Waals surface area contributed by atoms with Gasteiger partial charge in [-0.1, -0.05) is 18.7 Å². The molecular weight excluding hydrogens is 152 g/mol. The van der Waals surface area contributed by atoms with Crippen molar-refractivity contribution in [1.82, 2.24) is 0 Å². The number of thioether (sulfide) groups is 1. The van der Waals surface area contributed by atoms with E-state index in [9.17, 15) is 9.59 Å². The van der Waals surface area contributed by atoms with Crippen LogP contribution in [0, 0.1) is 5.92 Å². The molecule has 3 nitrogen and oxygen atoms in total. The Balaban J connectivity index is 3.68. The van der Waals surface area contributed by atoms with Crippen molar-refractivity contribution in [3.8, 4) is 0 Å². The van der Waals surface area contributed by atoms with Crippen LogP contribution < -0.4 is 0 Å². The molecule has 4 heteroatoms. The van der Waals surface area contributed by atoms with Crippen molar-refractivity contribution in [3.63, 3.8) is 0 Å². The summed E-state index contributed by atoms with van der Waals surface area (Å²) in [6.07, 6.45) is 1.77. The molecule has 1 unspecified atom stereocenters. The van der Waals surface area contributed by atoms with Gasteiger partial charge in [0, 0.05) is 6.42 Å². The third kappa shape index (κ3) is 3.50. The summed E-state index contributed by atoms with van der Waals surface area (Å²) in [7, 11) is 0. The van der Waals surface area contributed by atoms with Crippen LogP contribution in [0.3, 0.4) is 0 Å². The molecule has 10 heavy (non-hydrogen) atoms. The third-order valence-corrected chi connectivity index (χ3v) is 1.74. The molecule has 0 aromatic carbocycles. The maximum Gasteiger partial charge on any atom is 0.306 e. The van der Waals surface area contributed by atoms with E-state index in [0.29, 0.717) is 0 Å². The van der Waals surface area contributed by atoms with Crippen molar-refractivity contribution in [3.05, 3.63) is 0 Å². The highest BCUT2D eigenvalue weighted by Gasteiger charge is 2.14. The Morgan fingerprint density at radius 1 is 1.60 bits per heavy atom. The molecule has 1 N–H and O–H groups in total. The maximum absolute atomic E-state index is 10.6. The Bertz CT molecular complexity index is 144. The van der Waals surface area contributed by atoms with Gasteiger partial charge in [0.05, 0.1) is 5.92 Å². The van der Waals surface area contributed by atoms with Gasteiger partial charge in [0.15, 0.2) is 5.12 Å². The van der Waals surface area contributed by atoms with E-state index in [1.54, 1.807) is 6.26 Å². The van der Waals surface area contributed by atoms with E-state index in [0.717, 1.165) is 11.8 Å². The number of carbonyl (C=O) groups is 2. The van der Waals surface area contributed by atoms with Crippen molar-refractivity contribution in [2.45, 2.75) is 13.3 Å². The van der Waals surface area contributed by atoms with E-state index in [1.807, 2.05) is 0 Å². The summed E-state index contributed by atoms with van der Waals surface area (Å²) < 4.78 is 0. The number of rotatable bonds is 3. The van der Waals surface area contributed by atoms with Crippen LogP contribution in [0.15, 0.2) is 0 Å². The molecule has 0 aromatic heterocycles. The average Bonchev–Trinajstić information content (AvgIpc) is 1.87. The molecule has 0 spiro atoms. The highest BCUT2D eigenvalue weighted by atomic mass is 32.2. The lowest BCUT2D eigenvalue weighted by molar-refractivity contribution is -0.142. The summed E-state index contributed by atoms with van der Waals surface area (Å²) in [5.41, 5.74) is 0. The predicted octanol–water partition coefficient (Wildman–Crippen LogP) is 0.987. The Morgan fingerprint density at radius 3 is 2.40 bits per heavy atom. The van der Waals surface area contributed by atoms with Crippen LogP contribution in [0.5, 0.6) is 0 Å². The summed E-state index contributed by atoms with van der Waals surface area (Å²) in [5, 5.41) is 8.29. The predicted molar refractivity (Wildman–Crippen MR) is 39.9 cm³/mol. The van der Waals surface area contributed by atoms with Gasteiger partial charge >= 0.3 is 5.97 Å². The van der Waals surface area contributed by atoms with Crippen LogP contribution in [0.2, 0.25) is 0 Å². The largest absolute Gasteiger partial charge is 0.481 e. The van der Waals surface area contributed by atoms with E-state index < -0.39 is 11.9 Å². The third-order valence-electron chi connectivity index (χ3n) is 1.12. The van der Waals surface area contributed by atoms with E-state index in [1.165, 1.54) is 6.92 Å². The molecule has 1 atom stereocenters. The highest BCUT2D eigenvalue weighted by Crippen LogP contribution is 2.08. The zero-order valence-electron chi connectivity index (χ0n) is 5.96. The molecule has 0 aliphatic rings. The van der Waals surface area contributed by atoms with Crippen molar-refractivity contribution in [2.24, 2.45) is 5.92 Å². The van der Waals surface area contributed by atoms with Gasteiger partial charge in [0.25, 0.3) is 0 Å². The number of aliphatic carboxylic acids is 1. The minimum absolute atomic E-state index is 0.0742. The summed E-state index contributed by atoms with van der Waals surface area (Å²) >= 11 is 1.07. The van der Waals surface area contributed by atoms with E-state index >= 15 is 0 Å². The molecule has 58 valence electrons. The second kappa shape index (κ2) is 4.33. The molecular formula is C6H10O3S. The standard InChI is InChI=1S/C6H10O3S/c1-4(6(8)9)3-5(7)10-2/h4H,3H2,1-2H3,(H,8,9). The Morgan fingerprint density at radius 2 is 2.10 bits per heavy atom. The Kier molecular flexibility index (Phi) is 4.11. The van der Waals surface area contributed by atoms with Gasteiger partial charge in [-0.3, -0.25) is 9.59 Å². The molecule has 0 aromatic rings. The SMILES string of the molecule is CSC(=O)CC(C)C(=O)O. The number of hydrogen-bond acceptors (Lipinski definition) is 3. The van der Waals surface area contributed by atoms with Crippen LogP contribution >= 0.6 is 11.8 Å². The van der Waals surface area contributed by atoms with Crippen molar-refractivity contribution in [2.75, 3.05) is 6.26 Å². The smallest absolute Gasteiger partial charge is 0.306 e. The molecule has 0 amide bonds. The van der Waals surface area contributed by atoms with E-state index in [2.05, 4.69) is 0 Å². The first-order valence-corrected chi connectivity index (χ1v) is 4.10. The highest BCUT2D eigenvalue weighted by molar-refractivity contribution is 8.13. The number of carboxylic acids is 1. The Labute approximate surface area is 63.8 Å². The lowest BCUT2D eigenvalue weighted by atomic mass is 10.1. The van der Waals surface area contributed by atoms with E-state index in [-0.39, 0.29) is 11.5 Å². The lowest BCUT2D eigenvalue weighted by Gasteiger charge is -2.01. The minimum Gasteiger partial charge on any atom is -0.481 e. The molecule has 0 rings (SSSR count). The van der Waals surface area contributed by atoms with Gasteiger partial charge < -0.3 is 5.11 Å². The van der Waals surface area contributed by atoms with Crippen LogP contribution in [-0.4, -0.2) is 22.4 Å². The zero-order valence-corrected chi connectivity index (χ0v) is 6.77. The van der Waals surface area contributed by atoms with Gasteiger partial charge in [0.2, 0.25) is 0 Å². The molecule has 0 bridgehead atoms. The molecule has 0 aliphatic heterocycles. The minimum atomic E-state index is -0.914. The lowest BCUT2D eigenvalue weighted by Crippen LogP contribution is -2.12. The van der Waals surface area contributed by atoms with E-state index in [4.69, 9.17) is 5.11 Å². The average molecular weight is 162 g/mol. The summed E-state index contributed by atoms with van der Waals surface area (Å²) in [6.45, 7) is 1.52. The quantitative estimate of drug-likeness (QED) is 0.672. The fraction of sp³-hybridized carbons (Fsp3) is 0.667.